The number of aromatic amines is 1. The molecule has 4 heteroatoms. The lowest BCUT2D eigenvalue weighted by atomic mass is 10.1. The van der Waals surface area contributed by atoms with Crippen molar-refractivity contribution < 1.29 is 9.53 Å². The van der Waals surface area contributed by atoms with Crippen molar-refractivity contribution in [2.45, 2.75) is 6.92 Å². The highest BCUT2D eigenvalue weighted by Crippen LogP contribution is 2.17. The van der Waals surface area contributed by atoms with Crippen LogP contribution in [0.25, 0.3) is 10.9 Å². The van der Waals surface area contributed by atoms with Gasteiger partial charge < -0.3 is 9.72 Å². The molecule has 0 atom stereocenters. The number of pyridine rings is 1. The van der Waals surface area contributed by atoms with E-state index in [1.54, 1.807) is 25.1 Å². The van der Waals surface area contributed by atoms with Crippen LogP contribution in [0.2, 0.25) is 0 Å². The summed E-state index contributed by atoms with van der Waals surface area (Å²) < 4.78 is 5.04. The summed E-state index contributed by atoms with van der Waals surface area (Å²) in [4.78, 5) is 25.8. The molecule has 2 aromatic rings. The van der Waals surface area contributed by atoms with E-state index in [1.807, 2.05) is 0 Å². The van der Waals surface area contributed by atoms with E-state index in [-0.39, 0.29) is 11.0 Å². The number of methoxy groups -OCH3 is 1. The summed E-state index contributed by atoms with van der Waals surface area (Å²) in [5.74, 6) is 0.596. The highest BCUT2D eigenvalue weighted by Gasteiger charge is 2.08. The lowest BCUT2D eigenvalue weighted by Crippen LogP contribution is -2.12. The van der Waals surface area contributed by atoms with Crippen molar-refractivity contribution in [3.8, 4) is 5.75 Å². The molecule has 0 spiro atoms. The molecule has 0 saturated carbocycles. The van der Waals surface area contributed by atoms with Crippen LogP contribution in [0.1, 0.15) is 16.1 Å². The number of hydrogen-bond acceptors (Lipinski definition) is 3. The number of aryl methyl sites for hydroxylation is 1. The normalized spacial score (nSPS) is 10.4. The van der Waals surface area contributed by atoms with E-state index >= 15 is 0 Å². The third-order valence-electron chi connectivity index (χ3n) is 2.56. The number of carbonyl (C=O) groups excluding carboxylic acids is 1. The zero-order valence-electron chi connectivity index (χ0n) is 9.03. The van der Waals surface area contributed by atoms with Crippen LogP contribution in [0.15, 0.2) is 23.0 Å². The van der Waals surface area contributed by atoms with Gasteiger partial charge in [0, 0.05) is 16.6 Å². The molecule has 4 nitrogen and oxygen atoms in total. The largest absolute Gasteiger partial charge is 0.497 e. The molecule has 0 amide bonds. The maximum atomic E-state index is 11.9. The second-order valence-corrected chi connectivity index (χ2v) is 3.52. The van der Waals surface area contributed by atoms with Gasteiger partial charge in [-0.15, -0.1) is 0 Å². The van der Waals surface area contributed by atoms with Crippen molar-refractivity contribution in [1.29, 1.82) is 0 Å². The van der Waals surface area contributed by atoms with E-state index in [4.69, 9.17) is 4.74 Å². The first-order chi connectivity index (χ1) is 7.67. The second-order valence-electron chi connectivity index (χ2n) is 3.52. The SMILES string of the molecule is COc1ccc2[nH]c(C)c(C=O)c(=O)c2c1. The first-order valence-corrected chi connectivity index (χ1v) is 4.83. The van der Waals surface area contributed by atoms with Crippen LogP contribution in [-0.2, 0) is 0 Å². The van der Waals surface area contributed by atoms with E-state index in [0.29, 0.717) is 28.6 Å². The van der Waals surface area contributed by atoms with Gasteiger partial charge in [0.25, 0.3) is 0 Å². The monoisotopic (exact) mass is 217 g/mol. The molecule has 0 aliphatic heterocycles. The van der Waals surface area contributed by atoms with Crippen LogP contribution in [-0.4, -0.2) is 18.4 Å². The Kier molecular flexibility index (Phi) is 2.48. The number of ether oxygens (including phenoxy) is 1. The molecule has 0 unspecified atom stereocenters. The molecule has 1 heterocycles. The Labute approximate surface area is 91.9 Å². The Bertz CT molecular complexity index is 613. The highest BCUT2D eigenvalue weighted by molar-refractivity contribution is 5.87. The smallest absolute Gasteiger partial charge is 0.200 e. The van der Waals surface area contributed by atoms with Crippen LogP contribution in [0.3, 0.4) is 0 Å². The predicted octanol–water partition coefficient (Wildman–Crippen LogP) is 1.66. The molecule has 0 radical (unpaired) electrons. The van der Waals surface area contributed by atoms with Crippen molar-refractivity contribution in [2.75, 3.05) is 7.11 Å². The Balaban J connectivity index is 2.89. The summed E-state index contributed by atoms with van der Waals surface area (Å²) >= 11 is 0. The molecule has 0 fully saturated rings. The van der Waals surface area contributed by atoms with Crippen LogP contribution < -0.4 is 10.2 Å². The van der Waals surface area contributed by atoms with E-state index in [9.17, 15) is 9.59 Å². The molecular formula is C12H11NO3. The van der Waals surface area contributed by atoms with Crippen LogP contribution in [0, 0.1) is 6.92 Å². The number of rotatable bonds is 2. The number of benzene rings is 1. The maximum Gasteiger partial charge on any atom is 0.200 e. The van der Waals surface area contributed by atoms with Gasteiger partial charge in [0.1, 0.15) is 5.75 Å². The minimum atomic E-state index is -0.264. The van der Waals surface area contributed by atoms with Gasteiger partial charge in [0.05, 0.1) is 12.7 Å². The average Bonchev–Trinajstić information content (AvgIpc) is 2.29. The van der Waals surface area contributed by atoms with Gasteiger partial charge in [0.2, 0.25) is 0 Å². The fraction of sp³-hybridized carbons (Fsp3) is 0.167. The zero-order chi connectivity index (χ0) is 11.7. The summed E-state index contributed by atoms with van der Waals surface area (Å²) in [5.41, 5.74) is 1.19. The van der Waals surface area contributed by atoms with Crippen molar-refractivity contribution in [2.24, 2.45) is 0 Å². The number of aldehydes is 1. The van der Waals surface area contributed by atoms with Crippen LogP contribution in [0.4, 0.5) is 0 Å². The summed E-state index contributed by atoms with van der Waals surface area (Å²) in [6.45, 7) is 1.70. The van der Waals surface area contributed by atoms with E-state index < -0.39 is 0 Å². The summed E-state index contributed by atoms with van der Waals surface area (Å²) in [6, 6.07) is 5.15. The average molecular weight is 217 g/mol. The fourth-order valence-electron chi connectivity index (χ4n) is 1.67. The third-order valence-corrected chi connectivity index (χ3v) is 2.56. The second kappa shape index (κ2) is 3.81. The number of H-pyrrole nitrogens is 1. The molecule has 0 saturated heterocycles. The molecule has 0 bridgehead atoms. The first-order valence-electron chi connectivity index (χ1n) is 4.83. The topological polar surface area (TPSA) is 59.2 Å². The fourth-order valence-corrected chi connectivity index (χ4v) is 1.67. The minimum absolute atomic E-state index is 0.167. The number of hydrogen-bond donors (Lipinski definition) is 1. The molecule has 0 aliphatic carbocycles. The Hall–Kier alpha value is -2.10. The predicted molar refractivity (Wildman–Crippen MR) is 61.2 cm³/mol. The number of fused-ring (bicyclic) bond motifs is 1. The quantitative estimate of drug-likeness (QED) is 0.778. The number of aromatic nitrogens is 1. The molecule has 0 aliphatic rings. The van der Waals surface area contributed by atoms with Crippen molar-refractivity contribution >= 4 is 17.2 Å². The third kappa shape index (κ3) is 1.48. The Morgan fingerprint density at radius 3 is 2.75 bits per heavy atom. The van der Waals surface area contributed by atoms with Gasteiger partial charge in [-0.1, -0.05) is 0 Å². The Morgan fingerprint density at radius 2 is 2.12 bits per heavy atom. The van der Waals surface area contributed by atoms with Crippen LogP contribution in [0.5, 0.6) is 5.75 Å². The van der Waals surface area contributed by atoms with Crippen molar-refractivity contribution in [3.05, 3.63) is 39.7 Å². The number of carbonyl (C=O) groups is 1. The van der Waals surface area contributed by atoms with Gasteiger partial charge in [-0.25, -0.2) is 0 Å². The molecular weight excluding hydrogens is 206 g/mol. The summed E-state index contributed by atoms with van der Waals surface area (Å²) in [7, 11) is 1.53. The van der Waals surface area contributed by atoms with Gasteiger partial charge in [-0.3, -0.25) is 9.59 Å². The van der Waals surface area contributed by atoms with Crippen LogP contribution >= 0.6 is 0 Å². The summed E-state index contributed by atoms with van der Waals surface area (Å²) in [6.07, 6.45) is 0.576. The highest BCUT2D eigenvalue weighted by atomic mass is 16.5. The van der Waals surface area contributed by atoms with Gasteiger partial charge >= 0.3 is 0 Å². The van der Waals surface area contributed by atoms with E-state index in [0.717, 1.165) is 0 Å². The zero-order valence-corrected chi connectivity index (χ0v) is 9.03. The Morgan fingerprint density at radius 1 is 1.38 bits per heavy atom. The van der Waals surface area contributed by atoms with E-state index in [1.165, 1.54) is 7.11 Å². The molecule has 2 rings (SSSR count). The van der Waals surface area contributed by atoms with Crippen molar-refractivity contribution in [1.82, 2.24) is 4.98 Å². The molecule has 16 heavy (non-hydrogen) atoms. The van der Waals surface area contributed by atoms with Gasteiger partial charge in [-0.05, 0) is 25.1 Å². The lowest BCUT2D eigenvalue weighted by Gasteiger charge is -2.05. The minimum Gasteiger partial charge on any atom is -0.497 e. The molecule has 1 aromatic heterocycles. The number of nitrogens with one attached hydrogen (secondary N) is 1. The standard InChI is InChI=1S/C12H11NO3/c1-7-10(6-14)12(15)9-5-8(16-2)3-4-11(9)13-7/h3-6H,1-2H3,(H,13,15). The van der Waals surface area contributed by atoms with Gasteiger partial charge in [0.15, 0.2) is 11.7 Å². The maximum absolute atomic E-state index is 11.9. The van der Waals surface area contributed by atoms with E-state index in [2.05, 4.69) is 4.98 Å². The lowest BCUT2D eigenvalue weighted by molar-refractivity contribution is 0.112. The first kappa shape index (κ1) is 10.4. The molecule has 1 N–H and O–H groups in total. The molecule has 1 aromatic carbocycles. The van der Waals surface area contributed by atoms with Gasteiger partial charge in [-0.2, -0.15) is 0 Å². The molecule has 82 valence electrons. The summed E-state index contributed by atoms with van der Waals surface area (Å²) in [5, 5.41) is 0.465. The van der Waals surface area contributed by atoms with Crippen molar-refractivity contribution in [3.63, 3.8) is 0 Å².